The molecule has 0 saturated carbocycles. The summed E-state index contributed by atoms with van der Waals surface area (Å²) in [6.45, 7) is 3.63. The number of nitrogens with one attached hydrogen (secondary N) is 3. The minimum absolute atomic E-state index is 0.245. The number of aliphatic hydroxyl groups is 1. The van der Waals surface area contributed by atoms with Crippen LogP contribution in [0.3, 0.4) is 0 Å². The molecule has 0 radical (unpaired) electrons. The number of hydrogen-bond acceptors (Lipinski definition) is 6. The Morgan fingerprint density at radius 3 is 2.00 bits per heavy atom. The maximum Gasteiger partial charge on any atom is 0.328 e. The molecular formula is C13H24N4O6. The number of hydrogen-bond donors (Lipinski definition) is 6. The second-order valence-electron chi connectivity index (χ2n) is 5.38. The van der Waals surface area contributed by atoms with Gasteiger partial charge >= 0.3 is 5.97 Å². The molecule has 0 aromatic rings. The van der Waals surface area contributed by atoms with E-state index in [1.165, 1.54) is 6.92 Å². The van der Waals surface area contributed by atoms with Crippen molar-refractivity contribution in [2.75, 3.05) is 13.2 Å². The van der Waals surface area contributed by atoms with Gasteiger partial charge in [-0.15, -0.1) is 0 Å². The third-order valence-electron chi connectivity index (χ3n) is 2.90. The summed E-state index contributed by atoms with van der Waals surface area (Å²) in [6, 6.07) is -3.11. The van der Waals surface area contributed by atoms with Gasteiger partial charge in [0.05, 0.1) is 19.2 Å². The predicted octanol–water partition coefficient (Wildman–Crippen LogP) is -2.85. The molecule has 0 bridgehead atoms. The Labute approximate surface area is 133 Å². The molecule has 3 unspecified atom stereocenters. The van der Waals surface area contributed by atoms with Crippen LogP contribution in [0.25, 0.3) is 0 Å². The molecule has 3 atom stereocenters. The van der Waals surface area contributed by atoms with Crippen molar-refractivity contribution in [1.82, 2.24) is 16.0 Å². The molecule has 0 rings (SSSR count). The third-order valence-corrected chi connectivity index (χ3v) is 2.90. The van der Waals surface area contributed by atoms with E-state index in [2.05, 4.69) is 10.6 Å². The molecule has 0 aromatic carbocycles. The summed E-state index contributed by atoms with van der Waals surface area (Å²) < 4.78 is 0. The predicted molar refractivity (Wildman–Crippen MR) is 80.1 cm³/mol. The van der Waals surface area contributed by atoms with E-state index in [9.17, 15) is 19.2 Å². The highest BCUT2D eigenvalue weighted by Gasteiger charge is 2.26. The van der Waals surface area contributed by atoms with Gasteiger partial charge in [-0.25, -0.2) is 4.79 Å². The molecule has 132 valence electrons. The van der Waals surface area contributed by atoms with E-state index < -0.39 is 55.0 Å². The first-order valence-corrected chi connectivity index (χ1v) is 7.06. The van der Waals surface area contributed by atoms with Gasteiger partial charge in [0, 0.05) is 0 Å². The first-order chi connectivity index (χ1) is 10.6. The van der Waals surface area contributed by atoms with E-state index in [0.29, 0.717) is 0 Å². The largest absolute Gasteiger partial charge is 0.480 e. The van der Waals surface area contributed by atoms with Gasteiger partial charge < -0.3 is 31.9 Å². The number of aliphatic hydroxyl groups excluding tert-OH is 1. The molecule has 0 heterocycles. The molecule has 10 heteroatoms. The third kappa shape index (κ3) is 7.56. The van der Waals surface area contributed by atoms with Crippen LogP contribution in [0.15, 0.2) is 0 Å². The number of nitrogens with two attached hydrogens (primary N) is 1. The van der Waals surface area contributed by atoms with E-state index in [-0.39, 0.29) is 5.92 Å². The van der Waals surface area contributed by atoms with Gasteiger partial charge in [-0.1, -0.05) is 13.8 Å². The number of aliphatic carboxylic acids is 1. The van der Waals surface area contributed by atoms with Crippen LogP contribution in [-0.4, -0.2) is 65.2 Å². The van der Waals surface area contributed by atoms with Crippen LogP contribution in [0.5, 0.6) is 0 Å². The first-order valence-electron chi connectivity index (χ1n) is 7.06. The van der Waals surface area contributed by atoms with Crippen LogP contribution in [0.1, 0.15) is 20.8 Å². The zero-order valence-corrected chi connectivity index (χ0v) is 13.3. The van der Waals surface area contributed by atoms with Crippen LogP contribution >= 0.6 is 0 Å². The van der Waals surface area contributed by atoms with Crippen molar-refractivity contribution < 1.29 is 29.4 Å². The van der Waals surface area contributed by atoms with Gasteiger partial charge in [0.1, 0.15) is 12.1 Å². The summed E-state index contributed by atoms with van der Waals surface area (Å²) in [5, 5.41) is 24.3. The summed E-state index contributed by atoms with van der Waals surface area (Å²) in [4.78, 5) is 45.8. The fraction of sp³-hybridized carbons (Fsp3) is 0.692. The van der Waals surface area contributed by atoms with Gasteiger partial charge in [0.25, 0.3) is 0 Å². The van der Waals surface area contributed by atoms with Crippen LogP contribution in [0.4, 0.5) is 0 Å². The van der Waals surface area contributed by atoms with Crippen molar-refractivity contribution in [1.29, 1.82) is 0 Å². The molecule has 0 aliphatic heterocycles. The molecule has 10 nitrogen and oxygen atoms in total. The Morgan fingerprint density at radius 1 is 1.04 bits per heavy atom. The highest BCUT2D eigenvalue weighted by atomic mass is 16.4. The second-order valence-corrected chi connectivity index (χ2v) is 5.38. The highest BCUT2D eigenvalue weighted by Crippen LogP contribution is 2.02. The van der Waals surface area contributed by atoms with Crippen molar-refractivity contribution in [2.24, 2.45) is 11.7 Å². The van der Waals surface area contributed by atoms with Gasteiger partial charge in [-0.3, -0.25) is 14.4 Å². The minimum Gasteiger partial charge on any atom is -0.480 e. The second kappa shape index (κ2) is 9.74. The molecular weight excluding hydrogens is 308 g/mol. The summed E-state index contributed by atoms with van der Waals surface area (Å²) in [5.41, 5.74) is 5.42. The summed E-state index contributed by atoms with van der Waals surface area (Å²) >= 11 is 0. The number of carboxylic acid groups (broad SMARTS) is 1. The average Bonchev–Trinajstić information content (AvgIpc) is 2.46. The molecule has 0 aliphatic carbocycles. The molecule has 0 aliphatic rings. The number of rotatable bonds is 9. The number of amides is 3. The maximum absolute atomic E-state index is 12.0. The van der Waals surface area contributed by atoms with Crippen LogP contribution in [0.2, 0.25) is 0 Å². The molecule has 7 N–H and O–H groups in total. The Morgan fingerprint density at radius 2 is 1.61 bits per heavy atom. The van der Waals surface area contributed by atoms with E-state index in [1.807, 2.05) is 5.32 Å². The zero-order valence-electron chi connectivity index (χ0n) is 13.3. The Kier molecular flexibility index (Phi) is 8.81. The van der Waals surface area contributed by atoms with Crippen LogP contribution in [0, 0.1) is 5.92 Å². The average molecular weight is 332 g/mol. The molecule has 0 spiro atoms. The lowest BCUT2D eigenvalue weighted by Crippen LogP contribution is -2.55. The van der Waals surface area contributed by atoms with Gasteiger partial charge in [-0.2, -0.15) is 0 Å². The first kappa shape index (κ1) is 20.8. The van der Waals surface area contributed by atoms with E-state index in [4.69, 9.17) is 15.9 Å². The quantitative estimate of drug-likeness (QED) is 0.264. The van der Waals surface area contributed by atoms with Crippen molar-refractivity contribution in [3.63, 3.8) is 0 Å². The van der Waals surface area contributed by atoms with Crippen LogP contribution in [-0.2, 0) is 19.2 Å². The smallest absolute Gasteiger partial charge is 0.328 e. The fourth-order valence-corrected chi connectivity index (χ4v) is 1.53. The lowest BCUT2D eigenvalue weighted by Gasteiger charge is -2.22. The number of carboxylic acids is 1. The van der Waals surface area contributed by atoms with Gasteiger partial charge in [-0.05, 0) is 12.8 Å². The SMILES string of the molecule is CC(N)C(=O)NC(C(=O)NCC(=O)NC(CO)C(=O)O)C(C)C. The van der Waals surface area contributed by atoms with E-state index >= 15 is 0 Å². The normalized spacial score (nSPS) is 14.5. The zero-order chi connectivity index (χ0) is 18.2. The van der Waals surface area contributed by atoms with Crippen LogP contribution < -0.4 is 21.7 Å². The lowest BCUT2D eigenvalue weighted by molar-refractivity contribution is -0.142. The summed E-state index contributed by atoms with van der Waals surface area (Å²) in [7, 11) is 0. The molecule has 23 heavy (non-hydrogen) atoms. The van der Waals surface area contributed by atoms with Gasteiger partial charge in [0.15, 0.2) is 0 Å². The maximum atomic E-state index is 12.0. The standard InChI is InChI=1S/C13H24N4O6/c1-6(2)10(17-11(20)7(3)14)12(21)15-4-9(19)16-8(5-18)13(22)23/h6-8,10,18H,4-5,14H2,1-3H3,(H,15,21)(H,16,19)(H,17,20)(H,22,23). The van der Waals surface area contributed by atoms with Crippen molar-refractivity contribution >= 4 is 23.7 Å². The van der Waals surface area contributed by atoms with E-state index in [0.717, 1.165) is 0 Å². The van der Waals surface area contributed by atoms with E-state index in [1.54, 1.807) is 13.8 Å². The molecule has 3 amide bonds. The monoisotopic (exact) mass is 332 g/mol. The highest BCUT2D eigenvalue weighted by molar-refractivity contribution is 5.92. The number of carbonyl (C=O) groups is 4. The Bertz CT molecular complexity index is 452. The Hall–Kier alpha value is -2.20. The Balaban J connectivity index is 4.56. The van der Waals surface area contributed by atoms with Crippen molar-refractivity contribution in [3.05, 3.63) is 0 Å². The van der Waals surface area contributed by atoms with Crippen molar-refractivity contribution in [3.8, 4) is 0 Å². The lowest BCUT2D eigenvalue weighted by atomic mass is 10.0. The number of carbonyl (C=O) groups excluding carboxylic acids is 3. The fourth-order valence-electron chi connectivity index (χ4n) is 1.53. The molecule has 0 fully saturated rings. The molecule has 0 aromatic heterocycles. The summed E-state index contributed by atoms with van der Waals surface area (Å²) in [5.74, 6) is -3.52. The summed E-state index contributed by atoms with van der Waals surface area (Å²) in [6.07, 6.45) is 0. The molecule has 0 saturated heterocycles. The van der Waals surface area contributed by atoms with Gasteiger partial charge in [0.2, 0.25) is 17.7 Å². The topological polar surface area (TPSA) is 171 Å². The minimum atomic E-state index is -1.45. The van der Waals surface area contributed by atoms with Crippen molar-refractivity contribution in [2.45, 2.75) is 38.9 Å².